The van der Waals surface area contributed by atoms with Gasteiger partial charge in [0.05, 0.1) is 11.9 Å². The number of halogens is 3. The van der Waals surface area contributed by atoms with Gasteiger partial charge in [0.15, 0.2) is 5.69 Å². The molecule has 1 unspecified atom stereocenters. The summed E-state index contributed by atoms with van der Waals surface area (Å²) in [6.07, 6.45) is -2.71. The molecule has 1 N–H and O–H groups in total. The Morgan fingerprint density at radius 2 is 1.93 bits per heavy atom. The maximum Gasteiger partial charge on any atom is 0.452 e. The van der Waals surface area contributed by atoms with E-state index in [1.807, 2.05) is 6.92 Å². The van der Waals surface area contributed by atoms with Gasteiger partial charge in [-0.3, -0.25) is 9.78 Å². The summed E-state index contributed by atoms with van der Waals surface area (Å²) in [7, 11) is 1.61. The van der Waals surface area contributed by atoms with Crippen LogP contribution in [0.1, 0.15) is 41.2 Å². The maximum atomic E-state index is 13.4. The summed E-state index contributed by atoms with van der Waals surface area (Å²) < 4.78 is 50.1. The number of anilines is 1. The molecule has 6 nitrogen and oxygen atoms in total. The fourth-order valence-corrected chi connectivity index (χ4v) is 2.77. The molecule has 0 saturated heterocycles. The number of hydrogen-bond donors (Lipinski definition) is 1. The van der Waals surface area contributed by atoms with Gasteiger partial charge in [0, 0.05) is 30.9 Å². The number of carbonyl (C=O) groups excluding carboxylic acids is 1. The lowest BCUT2D eigenvalue weighted by atomic mass is 10.0. The topological polar surface area (TPSA) is 77.2 Å². The predicted octanol–water partition coefficient (Wildman–Crippen LogP) is 5.15. The minimum absolute atomic E-state index is 0.135. The van der Waals surface area contributed by atoms with E-state index in [0.29, 0.717) is 12.2 Å². The highest BCUT2D eigenvalue weighted by Gasteiger charge is 2.42. The van der Waals surface area contributed by atoms with Gasteiger partial charge in [-0.1, -0.05) is 25.1 Å². The standard InChI is InChI=1S/C21H20F3N3O3/c1-13(10-11-29-2)16-9-8-15(12-25-16)26-19(28)17-18(21(22,23)24)30-20(27-17)14-6-4-3-5-7-14/h3-9,12-13H,10-11H2,1-2H3,(H,26,28). The highest BCUT2D eigenvalue weighted by Crippen LogP contribution is 2.35. The van der Waals surface area contributed by atoms with E-state index >= 15 is 0 Å². The van der Waals surface area contributed by atoms with Crippen molar-refractivity contribution >= 4 is 11.6 Å². The lowest BCUT2D eigenvalue weighted by Gasteiger charge is -2.11. The lowest BCUT2D eigenvalue weighted by molar-refractivity contribution is -0.153. The molecule has 2 aromatic heterocycles. The number of rotatable bonds is 7. The van der Waals surface area contributed by atoms with Gasteiger partial charge in [-0.15, -0.1) is 0 Å². The molecular formula is C21H20F3N3O3. The number of methoxy groups -OCH3 is 1. The number of nitrogens with zero attached hydrogens (tertiary/aromatic N) is 2. The molecule has 2 heterocycles. The SMILES string of the molecule is COCCC(C)c1ccc(NC(=O)c2nc(-c3ccccc3)oc2C(F)(F)F)cn1. The van der Waals surface area contributed by atoms with Gasteiger partial charge in [0.2, 0.25) is 11.7 Å². The zero-order chi connectivity index (χ0) is 21.7. The molecule has 0 fully saturated rings. The number of hydrogen-bond acceptors (Lipinski definition) is 5. The Labute approximate surface area is 171 Å². The average molecular weight is 419 g/mol. The van der Waals surface area contributed by atoms with Gasteiger partial charge in [-0.05, 0) is 30.7 Å². The van der Waals surface area contributed by atoms with Crippen molar-refractivity contribution in [2.24, 2.45) is 0 Å². The quantitative estimate of drug-likeness (QED) is 0.573. The summed E-state index contributed by atoms with van der Waals surface area (Å²) in [5.74, 6) is -2.63. The van der Waals surface area contributed by atoms with Gasteiger partial charge < -0.3 is 14.5 Å². The fourth-order valence-electron chi connectivity index (χ4n) is 2.77. The van der Waals surface area contributed by atoms with Crippen molar-refractivity contribution < 1.29 is 27.1 Å². The van der Waals surface area contributed by atoms with Gasteiger partial charge in [0.1, 0.15) is 0 Å². The molecule has 0 bridgehead atoms. The van der Waals surface area contributed by atoms with Crippen LogP contribution < -0.4 is 5.32 Å². The number of ether oxygens (including phenoxy) is 1. The number of amides is 1. The van der Waals surface area contributed by atoms with Crippen molar-refractivity contribution in [2.45, 2.75) is 25.4 Å². The maximum absolute atomic E-state index is 13.4. The molecule has 158 valence electrons. The molecular weight excluding hydrogens is 399 g/mol. The number of pyridine rings is 1. The Kier molecular flexibility index (Phi) is 6.51. The predicted molar refractivity (Wildman–Crippen MR) is 104 cm³/mol. The number of carbonyl (C=O) groups is 1. The van der Waals surface area contributed by atoms with Crippen molar-refractivity contribution in [3.05, 3.63) is 65.8 Å². The van der Waals surface area contributed by atoms with E-state index in [-0.39, 0.29) is 17.5 Å². The van der Waals surface area contributed by atoms with E-state index < -0.39 is 23.5 Å². The van der Waals surface area contributed by atoms with Gasteiger partial charge in [-0.2, -0.15) is 13.2 Å². The molecule has 1 atom stereocenters. The highest BCUT2D eigenvalue weighted by atomic mass is 19.4. The second kappa shape index (κ2) is 9.08. The van der Waals surface area contributed by atoms with Crippen molar-refractivity contribution in [3.63, 3.8) is 0 Å². The molecule has 0 aliphatic rings. The van der Waals surface area contributed by atoms with Crippen LogP contribution in [0, 0.1) is 0 Å². The Balaban J connectivity index is 1.82. The van der Waals surface area contributed by atoms with E-state index in [1.165, 1.54) is 6.20 Å². The number of aromatic nitrogens is 2. The van der Waals surface area contributed by atoms with Crippen molar-refractivity contribution in [1.82, 2.24) is 9.97 Å². The van der Waals surface area contributed by atoms with Gasteiger partial charge in [-0.25, -0.2) is 4.98 Å². The molecule has 0 spiro atoms. The van der Waals surface area contributed by atoms with E-state index in [9.17, 15) is 18.0 Å². The van der Waals surface area contributed by atoms with Crippen LogP contribution in [0.15, 0.2) is 53.1 Å². The Morgan fingerprint density at radius 3 is 2.53 bits per heavy atom. The third-order valence-electron chi connectivity index (χ3n) is 4.42. The van der Waals surface area contributed by atoms with Crippen LogP contribution in [-0.4, -0.2) is 29.6 Å². The summed E-state index contributed by atoms with van der Waals surface area (Å²) >= 11 is 0. The van der Waals surface area contributed by atoms with Crippen LogP contribution in [0.25, 0.3) is 11.5 Å². The van der Waals surface area contributed by atoms with E-state index in [4.69, 9.17) is 9.15 Å². The largest absolute Gasteiger partial charge is 0.452 e. The zero-order valence-corrected chi connectivity index (χ0v) is 16.4. The summed E-state index contributed by atoms with van der Waals surface area (Å²) in [4.78, 5) is 20.6. The van der Waals surface area contributed by atoms with E-state index in [1.54, 1.807) is 49.6 Å². The van der Waals surface area contributed by atoms with Crippen LogP contribution in [0.5, 0.6) is 0 Å². The minimum atomic E-state index is -4.87. The molecule has 9 heteroatoms. The molecule has 0 saturated carbocycles. The molecule has 1 amide bonds. The average Bonchev–Trinajstić information content (AvgIpc) is 3.19. The van der Waals surface area contributed by atoms with Crippen molar-refractivity contribution in [1.29, 1.82) is 0 Å². The molecule has 0 radical (unpaired) electrons. The van der Waals surface area contributed by atoms with Crippen molar-refractivity contribution in [2.75, 3.05) is 19.0 Å². The first kappa shape index (κ1) is 21.5. The second-order valence-electron chi connectivity index (χ2n) is 6.67. The Hall–Kier alpha value is -3.20. The van der Waals surface area contributed by atoms with Crippen molar-refractivity contribution in [3.8, 4) is 11.5 Å². The molecule has 3 rings (SSSR count). The van der Waals surface area contributed by atoms with Gasteiger partial charge >= 0.3 is 6.18 Å². The molecule has 3 aromatic rings. The summed E-state index contributed by atoms with van der Waals surface area (Å²) in [6.45, 7) is 2.56. The first-order valence-electron chi connectivity index (χ1n) is 9.19. The monoisotopic (exact) mass is 419 g/mol. The van der Waals surface area contributed by atoms with Gasteiger partial charge in [0.25, 0.3) is 5.91 Å². The first-order valence-corrected chi connectivity index (χ1v) is 9.19. The number of oxazole rings is 1. The fraction of sp³-hybridized carbons (Fsp3) is 0.286. The highest BCUT2D eigenvalue weighted by molar-refractivity contribution is 6.03. The lowest BCUT2D eigenvalue weighted by Crippen LogP contribution is -2.18. The number of benzene rings is 1. The second-order valence-corrected chi connectivity index (χ2v) is 6.67. The Morgan fingerprint density at radius 1 is 1.20 bits per heavy atom. The summed E-state index contributed by atoms with van der Waals surface area (Å²) in [6, 6.07) is 11.3. The number of alkyl halides is 3. The summed E-state index contributed by atoms with van der Waals surface area (Å²) in [5, 5.41) is 2.40. The third-order valence-corrected chi connectivity index (χ3v) is 4.42. The van der Waals surface area contributed by atoms with Crippen LogP contribution in [0.4, 0.5) is 18.9 Å². The third kappa shape index (κ3) is 5.04. The van der Waals surface area contributed by atoms with Crippen LogP contribution in [0.3, 0.4) is 0 Å². The number of nitrogens with one attached hydrogen (secondary N) is 1. The molecule has 0 aliphatic heterocycles. The molecule has 30 heavy (non-hydrogen) atoms. The minimum Gasteiger partial charge on any atom is -0.431 e. The van der Waals surface area contributed by atoms with Crippen LogP contribution >= 0.6 is 0 Å². The van der Waals surface area contributed by atoms with E-state index in [2.05, 4.69) is 15.3 Å². The summed E-state index contributed by atoms with van der Waals surface area (Å²) in [5.41, 5.74) is 0.533. The zero-order valence-electron chi connectivity index (χ0n) is 16.4. The smallest absolute Gasteiger partial charge is 0.431 e. The van der Waals surface area contributed by atoms with E-state index in [0.717, 1.165) is 12.1 Å². The Bertz CT molecular complexity index is 986. The first-order chi connectivity index (χ1) is 14.3. The van der Waals surface area contributed by atoms with Crippen LogP contribution in [-0.2, 0) is 10.9 Å². The molecule has 1 aromatic carbocycles. The molecule has 0 aliphatic carbocycles. The van der Waals surface area contributed by atoms with Crippen LogP contribution in [0.2, 0.25) is 0 Å². The normalized spacial score (nSPS) is 12.6.